The number of hydrogen-bond acceptors (Lipinski definition) is 2. The van der Waals surface area contributed by atoms with Crippen molar-refractivity contribution < 1.29 is 0 Å². The largest absolute Gasteiger partial charge is 0.321 e. The maximum atomic E-state index is 6.51. The lowest BCUT2D eigenvalue weighted by molar-refractivity contribution is 0.466. The third kappa shape index (κ3) is 1.40. The fourth-order valence-electron chi connectivity index (χ4n) is 2.66. The Kier molecular flexibility index (Phi) is 2.08. The summed E-state index contributed by atoms with van der Waals surface area (Å²) < 4.78 is 1.39. The molecule has 1 aliphatic rings. The topological polar surface area (TPSA) is 26.0 Å². The molecule has 15 heavy (non-hydrogen) atoms. The molecule has 0 bridgehead atoms. The van der Waals surface area contributed by atoms with E-state index in [9.17, 15) is 0 Å². The molecule has 2 aromatic rings. The van der Waals surface area contributed by atoms with Crippen molar-refractivity contribution >= 4 is 21.4 Å². The highest BCUT2D eigenvalue weighted by molar-refractivity contribution is 7.17. The van der Waals surface area contributed by atoms with Crippen LogP contribution in [0.2, 0.25) is 0 Å². The van der Waals surface area contributed by atoms with Gasteiger partial charge < -0.3 is 5.73 Å². The third-order valence-electron chi connectivity index (χ3n) is 3.51. The van der Waals surface area contributed by atoms with E-state index < -0.39 is 0 Å². The molecule has 2 N–H and O–H groups in total. The number of benzene rings is 1. The van der Waals surface area contributed by atoms with E-state index in [4.69, 9.17) is 5.73 Å². The van der Waals surface area contributed by atoms with Crippen LogP contribution in [0.25, 0.3) is 10.1 Å². The highest BCUT2D eigenvalue weighted by atomic mass is 32.1. The van der Waals surface area contributed by atoms with E-state index >= 15 is 0 Å². The maximum absolute atomic E-state index is 6.51. The number of nitrogens with two attached hydrogens (primary N) is 1. The quantitative estimate of drug-likeness (QED) is 0.775. The molecule has 2 heteroatoms. The van der Waals surface area contributed by atoms with Crippen LogP contribution in [0, 0.1) is 0 Å². The first kappa shape index (κ1) is 9.37. The van der Waals surface area contributed by atoms with E-state index in [1.54, 1.807) is 0 Å². The van der Waals surface area contributed by atoms with Gasteiger partial charge in [0.1, 0.15) is 0 Å². The zero-order valence-corrected chi connectivity index (χ0v) is 9.52. The van der Waals surface area contributed by atoms with Crippen LogP contribution in [-0.4, -0.2) is 0 Å². The van der Waals surface area contributed by atoms with Crippen molar-refractivity contribution in [2.75, 3.05) is 0 Å². The molecule has 1 fully saturated rings. The van der Waals surface area contributed by atoms with E-state index in [2.05, 4.69) is 29.6 Å². The SMILES string of the molecule is NC1(c2cccc3ccsc23)CCCC1. The molecular formula is C13H15NS. The van der Waals surface area contributed by atoms with Crippen molar-refractivity contribution in [2.24, 2.45) is 5.73 Å². The molecule has 0 radical (unpaired) electrons. The summed E-state index contributed by atoms with van der Waals surface area (Å²) in [5, 5.41) is 3.50. The summed E-state index contributed by atoms with van der Waals surface area (Å²) in [5.41, 5.74) is 7.83. The first-order chi connectivity index (χ1) is 7.30. The van der Waals surface area contributed by atoms with Crippen LogP contribution in [0.3, 0.4) is 0 Å². The second kappa shape index (κ2) is 3.32. The lowest BCUT2D eigenvalue weighted by Gasteiger charge is -2.24. The number of rotatable bonds is 1. The van der Waals surface area contributed by atoms with Crippen LogP contribution >= 0.6 is 11.3 Å². The molecule has 0 unspecified atom stereocenters. The molecule has 0 atom stereocenters. The van der Waals surface area contributed by atoms with E-state index in [1.165, 1.54) is 28.5 Å². The molecule has 1 aromatic carbocycles. The smallest absolute Gasteiger partial charge is 0.0423 e. The maximum Gasteiger partial charge on any atom is 0.0423 e. The lowest BCUT2D eigenvalue weighted by Crippen LogP contribution is -2.33. The van der Waals surface area contributed by atoms with E-state index in [-0.39, 0.29) is 5.54 Å². The van der Waals surface area contributed by atoms with Gasteiger partial charge in [-0.05, 0) is 35.2 Å². The first-order valence-corrected chi connectivity index (χ1v) is 6.43. The molecule has 78 valence electrons. The molecule has 0 spiro atoms. The van der Waals surface area contributed by atoms with Crippen LogP contribution in [-0.2, 0) is 5.54 Å². The van der Waals surface area contributed by atoms with Crippen molar-refractivity contribution in [3.63, 3.8) is 0 Å². The molecule has 0 saturated heterocycles. The zero-order chi connectivity index (χ0) is 10.3. The highest BCUT2D eigenvalue weighted by Crippen LogP contribution is 2.40. The van der Waals surface area contributed by atoms with Gasteiger partial charge in [-0.3, -0.25) is 0 Å². The predicted octanol–water partition coefficient (Wildman–Crippen LogP) is 3.63. The van der Waals surface area contributed by atoms with Crippen LogP contribution in [0.4, 0.5) is 0 Å². The summed E-state index contributed by atoms with van der Waals surface area (Å²) >= 11 is 1.82. The van der Waals surface area contributed by atoms with Gasteiger partial charge in [-0.15, -0.1) is 11.3 Å². The Morgan fingerprint density at radius 3 is 2.73 bits per heavy atom. The molecular weight excluding hydrogens is 202 g/mol. The van der Waals surface area contributed by atoms with Crippen molar-refractivity contribution in [1.82, 2.24) is 0 Å². The van der Waals surface area contributed by atoms with E-state index in [0.717, 1.165) is 12.8 Å². The van der Waals surface area contributed by atoms with Crippen molar-refractivity contribution in [1.29, 1.82) is 0 Å². The second-order valence-electron chi connectivity index (χ2n) is 4.51. The molecule has 1 aliphatic carbocycles. The Morgan fingerprint density at radius 1 is 1.13 bits per heavy atom. The minimum Gasteiger partial charge on any atom is -0.321 e. The van der Waals surface area contributed by atoms with Gasteiger partial charge in [-0.1, -0.05) is 31.0 Å². The minimum atomic E-state index is -0.0512. The van der Waals surface area contributed by atoms with Gasteiger partial charge in [0.05, 0.1) is 0 Å². The summed E-state index contributed by atoms with van der Waals surface area (Å²) in [7, 11) is 0. The average molecular weight is 217 g/mol. The Bertz CT molecular complexity index is 480. The van der Waals surface area contributed by atoms with Gasteiger partial charge in [-0.2, -0.15) is 0 Å². The summed E-state index contributed by atoms with van der Waals surface area (Å²) in [6.07, 6.45) is 4.84. The van der Waals surface area contributed by atoms with Gasteiger partial charge in [0.2, 0.25) is 0 Å². The molecule has 1 saturated carbocycles. The summed E-state index contributed by atoms with van der Waals surface area (Å²) in [4.78, 5) is 0. The van der Waals surface area contributed by atoms with Crippen molar-refractivity contribution in [2.45, 2.75) is 31.2 Å². The van der Waals surface area contributed by atoms with Gasteiger partial charge in [-0.25, -0.2) is 0 Å². The van der Waals surface area contributed by atoms with Gasteiger partial charge in [0.15, 0.2) is 0 Å². The normalized spacial score (nSPS) is 19.8. The lowest BCUT2D eigenvalue weighted by atomic mass is 9.89. The van der Waals surface area contributed by atoms with E-state index in [0.29, 0.717) is 0 Å². The van der Waals surface area contributed by atoms with Crippen LogP contribution < -0.4 is 5.73 Å². The molecule has 0 aliphatic heterocycles. The zero-order valence-electron chi connectivity index (χ0n) is 8.70. The van der Waals surface area contributed by atoms with Gasteiger partial charge in [0, 0.05) is 10.2 Å². The van der Waals surface area contributed by atoms with Gasteiger partial charge >= 0.3 is 0 Å². The molecule has 0 amide bonds. The van der Waals surface area contributed by atoms with Crippen molar-refractivity contribution in [3.05, 3.63) is 35.2 Å². The summed E-state index contributed by atoms with van der Waals surface area (Å²) in [6.45, 7) is 0. The number of hydrogen-bond donors (Lipinski definition) is 1. The molecule has 1 heterocycles. The Balaban J connectivity index is 2.21. The fraction of sp³-hybridized carbons (Fsp3) is 0.385. The molecule has 1 aromatic heterocycles. The molecule has 1 nitrogen and oxygen atoms in total. The average Bonchev–Trinajstić information content (AvgIpc) is 2.85. The number of thiophene rings is 1. The number of fused-ring (bicyclic) bond motifs is 1. The fourth-order valence-corrected chi connectivity index (χ4v) is 3.68. The Labute approximate surface area is 93.9 Å². The standard InChI is InChI=1S/C13H15NS/c14-13(7-1-2-8-13)11-5-3-4-10-6-9-15-12(10)11/h3-6,9H,1-2,7-8,14H2. The minimum absolute atomic E-state index is 0.0512. The monoisotopic (exact) mass is 217 g/mol. The van der Waals surface area contributed by atoms with Gasteiger partial charge in [0.25, 0.3) is 0 Å². The predicted molar refractivity (Wildman–Crippen MR) is 66.2 cm³/mol. The summed E-state index contributed by atoms with van der Waals surface area (Å²) in [5.74, 6) is 0. The Hall–Kier alpha value is -0.860. The van der Waals surface area contributed by atoms with Crippen LogP contribution in [0.1, 0.15) is 31.2 Å². The second-order valence-corrected chi connectivity index (χ2v) is 5.42. The first-order valence-electron chi connectivity index (χ1n) is 5.55. The highest BCUT2D eigenvalue weighted by Gasteiger charge is 2.32. The third-order valence-corrected chi connectivity index (χ3v) is 4.47. The summed E-state index contributed by atoms with van der Waals surface area (Å²) in [6, 6.07) is 8.71. The van der Waals surface area contributed by atoms with Crippen molar-refractivity contribution in [3.8, 4) is 0 Å². The molecule has 3 rings (SSSR count). The Morgan fingerprint density at radius 2 is 1.93 bits per heavy atom. The van der Waals surface area contributed by atoms with Crippen LogP contribution in [0.15, 0.2) is 29.6 Å². The van der Waals surface area contributed by atoms with Crippen LogP contribution in [0.5, 0.6) is 0 Å². The van der Waals surface area contributed by atoms with E-state index in [1.807, 2.05) is 11.3 Å².